The second kappa shape index (κ2) is 10.2. The second-order valence-corrected chi connectivity index (χ2v) is 12.1. The van der Waals surface area contributed by atoms with Crippen LogP contribution in [0, 0.1) is 12.8 Å². The van der Waals surface area contributed by atoms with Crippen molar-refractivity contribution in [3.63, 3.8) is 0 Å². The van der Waals surface area contributed by atoms with Gasteiger partial charge in [0, 0.05) is 43.3 Å². The lowest BCUT2D eigenvalue weighted by molar-refractivity contribution is -0.126. The zero-order valence-electron chi connectivity index (χ0n) is 18.7. The second-order valence-electron chi connectivity index (χ2n) is 8.61. The summed E-state index contributed by atoms with van der Waals surface area (Å²) in [5.41, 5.74) is 1.57. The van der Waals surface area contributed by atoms with Gasteiger partial charge in [0.15, 0.2) is 0 Å². The van der Waals surface area contributed by atoms with E-state index in [0.29, 0.717) is 35.8 Å². The molecule has 3 heterocycles. The van der Waals surface area contributed by atoms with E-state index in [9.17, 15) is 18.0 Å². The lowest BCUT2D eigenvalue weighted by Crippen LogP contribution is -2.45. The van der Waals surface area contributed by atoms with E-state index in [2.05, 4.69) is 10.6 Å². The molecular formula is C23H30N4O4S2. The van der Waals surface area contributed by atoms with E-state index in [1.54, 1.807) is 17.0 Å². The Morgan fingerprint density at radius 1 is 1.09 bits per heavy atom. The lowest BCUT2D eigenvalue weighted by Gasteiger charge is -2.30. The summed E-state index contributed by atoms with van der Waals surface area (Å²) in [7, 11) is -3.57. The van der Waals surface area contributed by atoms with Gasteiger partial charge in [0.2, 0.25) is 5.91 Å². The SMILES string of the molecule is Cc1ccc(S(=O)(=O)N2CCC[C@H](C(=O)NCc3cccc(NC(=O)N4CCCC4)c3)C2)s1. The lowest BCUT2D eigenvalue weighted by atomic mass is 9.98. The summed E-state index contributed by atoms with van der Waals surface area (Å²) in [6.07, 6.45) is 3.38. The molecule has 2 aliphatic rings. The number of thiophene rings is 1. The number of hydrogen-bond acceptors (Lipinski definition) is 5. The number of carbonyl (C=O) groups is 2. The fraction of sp³-hybridized carbons (Fsp3) is 0.478. The molecular weight excluding hydrogens is 460 g/mol. The van der Waals surface area contributed by atoms with Crippen LogP contribution in [0.15, 0.2) is 40.6 Å². The van der Waals surface area contributed by atoms with Gasteiger partial charge in [-0.25, -0.2) is 13.2 Å². The maximum Gasteiger partial charge on any atom is 0.321 e. The van der Waals surface area contributed by atoms with Crippen molar-refractivity contribution in [1.29, 1.82) is 0 Å². The number of piperidine rings is 1. The first kappa shape index (κ1) is 23.7. The number of urea groups is 1. The molecule has 0 saturated carbocycles. The first-order valence-corrected chi connectivity index (χ1v) is 13.6. The number of aryl methyl sites for hydroxylation is 1. The molecule has 4 rings (SSSR count). The predicted molar refractivity (Wildman–Crippen MR) is 129 cm³/mol. The first-order chi connectivity index (χ1) is 15.8. The van der Waals surface area contributed by atoms with E-state index in [1.807, 2.05) is 31.2 Å². The Hall–Kier alpha value is -2.43. The average molecular weight is 491 g/mol. The number of rotatable bonds is 6. The number of amides is 3. The van der Waals surface area contributed by atoms with Crippen LogP contribution >= 0.6 is 11.3 Å². The van der Waals surface area contributed by atoms with Gasteiger partial charge in [-0.1, -0.05) is 12.1 Å². The van der Waals surface area contributed by atoms with Crippen LogP contribution in [0.4, 0.5) is 10.5 Å². The van der Waals surface area contributed by atoms with Crippen LogP contribution in [0.3, 0.4) is 0 Å². The Morgan fingerprint density at radius 2 is 1.88 bits per heavy atom. The molecule has 3 amide bonds. The van der Waals surface area contributed by atoms with Crippen molar-refractivity contribution < 1.29 is 18.0 Å². The molecule has 2 saturated heterocycles. The number of nitrogens with zero attached hydrogens (tertiary/aromatic N) is 2. The van der Waals surface area contributed by atoms with E-state index >= 15 is 0 Å². The largest absolute Gasteiger partial charge is 0.352 e. The predicted octanol–water partition coefficient (Wildman–Crippen LogP) is 3.40. The van der Waals surface area contributed by atoms with Crippen LogP contribution in [-0.4, -0.2) is 55.7 Å². The number of hydrogen-bond donors (Lipinski definition) is 2. The van der Waals surface area contributed by atoms with Crippen molar-refractivity contribution in [2.24, 2.45) is 5.92 Å². The molecule has 33 heavy (non-hydrogen) atoms. The molecule has 0 unspecified atom stereocenters. The summed E-state index contributed by atoms with van der Waals surface area (Å²) < 4.78 is 27.6. The normalized spacial score (nSPS) is 19.4. The van der Waals surface area contributed by atoms with Crippen molar-refractivity contribution in [2.75, 3.05) is 31.5 Å². The topological polar surface area (TPSA) is 98.8 Å². The molecule has 2 aliphatic heterocycles. The highest BCUT2D eigenvalue weighted by molar-refractivity contribution is 7.91. The van der Waals surface area contributed by atoms with Crippen molar-refractivity contribution in [2.45, 2.75) is 43.4 Å². The van der Waals surface area contributed by atoms with Crippen LogP contribution in [-0.2, 0) is 21.4 Å². The first-order valence-electron chi connectivity index (χ1n) is 11.3. The summed E-state index contributed by atoms with van der Waals surface area (Å²) in [5, 5.41) is 5.86. The van der Waals surface area contributed by atoms with E-state index < -0.39 is 10.0 Å². The number of sulfonamides is 1. The van der Waals surface area contributed by atoms with Gasteiger partial charge in [-0.3, -0.25) is 4.79 Å². The molecule has 0 aliphatic carbocycles. The third-order valence-electron chi connectivity index (χ3n) is 6.10. The van der Waals surface area contributed by atoms with Crippen molar-refractivity contribution >= 4 is 39.0 Å². The maximum atomic E-state index is 12.9. The molecule has 2 aromatic rings. The van der Waals surface area contributed by atoms with Crippen molar-refractivity contribution in [3.05, 3.63) is 46.8 Å². The Morgan fingerprint density at radius 3 is 2.61 bits per heavy atom. The van der Waals surface area contributed by atoms with Gasteiger partial charge >= 0.3 is 6.03 Å². The van der Waals surface area contributed by atoms with Crippen molar-refractivity contribution in [1.82, 2.24) is 14.5 Å². The monoisotopic (exact) mass is 490 g/mol. The van der Waals surface area contributed by atoms with Crippen LogP contribution in [0.25, 0.3) is 0 Å². The molecule has 178 valence electrons. The number of anilines is 1. The van der Waals surface area contributed by atoms with E-state index in [1.165, 1.54) is 15.6 Å². The summed E-state index contributed by atoms with van der Waals surface area (Å²) in [6, 6.07) is 10.8. The Kier molecular flexibility index (Phi) is 7.35. The van der Waals surface area contributed by atoms with E-state index in [0.717, 1.165) is 36.4 Å². The van der Waals surface area contributed by atoms with Crippen LogP contribution in [0.2, 0.25) is 0 Å². The minimum Gasteiger partial charge on any atom is -0.352 e. The van der Waals surface area contributed by atoms with Crippen LogP contribution in [0.5, 0.6) is 0 Å². The summed E-state index contributed by atoms with van der Waals surface area (Å²) >= 11 is 1.26. The standard InChI is InChI=1S/C23H30N4O4S2/c1-17-9-10-21(32-17)33(30,31)27-13-5-7-19(16-27)22(28)24-15-18-6-4-8-20(14-18)25-23(29)26-11-2-3-12-26/h4,6,8-10,14,19H,2-3,5,7,11-13,15-16H2,1H3,(H,24,28)(H,25,29)/t19-/m0/s1. The molecule has 2 fully saturated rings. The third-order valence-corrected chi connectivity index (χ3v) is 9.44. The van der Waals surface area contributed by atoms with Gasteiger partial charge in [-0.2, -0.15) is 4.31 Å². The quantitative estimate of drug-likeness (QED) is 0.648. The molecule has 0 spiro atoms. The minimum atomic E-state index is -3.57. The molecule has 8 nitrogen and oxygen atoms in total. The number of benzene rings is 1. The van der Waals surface area contributed by atoms with Gasteiger partial charge in [0.1, 0.15) is 4.21 Å². The third kappa shape index (κ3) is 5.74. The van der Waals surface area contributed by atoms with Crippen LogP contribution in [0.1, 0.15) is 36.1 Å². The fourth-order valence-corrected chi connectivity index (χ4v) is 7.23. The highest BCUT2D eigenvalue weighted by Crippen LogP contribution is 2.28. The highest BCUT2D eigenvalue weighted by atomic mass is 32.2. The van der Waals surface area contributed by atoms with Crippen LogP contribution < -0.4 is 10.6 Å². The van der Waals surface area contributed by atoms with E-state index in [-0.39, 0.29) is 24.4 Å². The zero-order chi connectivity index (χ0) is 23.4. The maximum absolute atomic E-state index is 12.9. The smallest absolute Gasteiger partial charge is 0.321 e. The summed E-state index contributed by atoms with van der Waals surface area (Å²) in [4.78, 5) is 27.9. The molecule has 1 aromatic heterocycles. The fourth-order valence-electron chi connectivity index (χ4n) is 4.27. The van der Waals surface area contributed by atoms with Gasteiger partial charge in [-0.15, -0.1) is 11.3 Å². The number of carbonyl (C=O) groups excluding carboxylic acids is 2. The Labute approximate surface area is 199 Å². The molecule has 0 bridgehead atoms. The molecule has 1 atom stereocenters. The number of nitrogens with one attached hydrogen (secondary N) is 2. The zero-order valence-corrected chi connectivity index (χ0v) is 20.4. The Bertz CT molecular complexity index is 1110. The molecule has 0 radical (unpaired) electrons. The Balaban J connectivity index is 1.32. The average Bonchev–Trinajstić information content (AvgIpc) is 3.50. The van der Waals surface area contributed by atoms with Gasteiger partial charge in [0.25, 0.3) is 10.0 Å². The summed E-state index contributed by atoms with van der Waals surface area (Å²) in [6.45, 7) is 4.38. The highest BCUT2D eigenvalue weighted by Gasteiger charge is 2.34. The van der Waals surface area contributed by atoms with Gasteiger partial charge < -0.3 is 15.5 Å². The minimum absolute atomic E-state index is 0.0990. The van der Waals surface area contributed by atoms with Gasteiger partial charge in [-0.05, 0) is 62.4 Å². The molecule has 10 heteroatoms. The molecule has 2 N–H and O–H groups in total. The van der Waals surface area contributed by atoms with E-state index in [4.69, 9.17) is 0 Å². The van der Waals surface area contributed by atoms with Gasteiger partial charge in [0.05, 0.1) is 5.92 Å². The van der Waals surface area contributed by atoms with Crippen molar-refractivity contribution in [3.8, 4) is 0 Å². The summed E-state index contributed by atoms with van der Waals surface area (Å²) in [5.74, 6) is -0.531. The molecule has 1 aromatic carbocycles. The number of likely N-dealkylation sites (tertiary alicyclic amines) is 1.